The average molecular weight is 332 g/mol. The summed E-state index contributed by atoms with van der Waals surface area (Å²) >= 11 is 0. The molecule has 1 aromatic carbocycles. The molecule has 1 fully saturated rings. The summed E-state index contributed by atoms with van der Waals surface area (Å²) in [5, 5.41) is 5.23. The fourth-order valence-electron chi connectivity index (χ4n) is 2.49. The van der Waals surface area contributed by atoms with Crippen LogP contribution < -0.4 is 10.6 Å². The minimum Gasteiger partial charge on any atom is -0.454 e. The second-order valence-electron chi connectivity index (χ2n) is 6.26. The number of nitrogens with one attached hydrogen (secondary N) is 2. The number of hydrogen-bond acceptors (Lipinski definition) is 4. The Bertz CT molecular complexity index is 596. The third-order valence-corrected chi connectivity index (χ3v) is 4.01. The van der Waals surface area contributed by atoms with Crippen LogP contribution >= 0.6 is 0 Å². The highest BCUT2D eigenvalue weighted by atomic mass is 16.5. The van der Waals surface area contributed by atoms with E-state index in [9.17, 15) is 14.4 Å². The molecule has 0 aromatic heterocycles. The van der Waals surface area contributed by atoms with Crippen molar-refractivity contribution >= 4 is 17.8 Å². The third-order valence-electron chi connectivity index (χ3n) is 4.01. The van der Waals surface area contributed by atoms with E-state index in [0.29, 0.717) is 25.3 Å². The number of carbonyl (C=O) groups excluding carboxylic acids is 3. The highest BCUT2D eigenvalue weighted by Gasteiger charge is 2.28. The summed E-state index contributed by atoms with van der Waals surface area (Å²) in [5.41, 5.74) is 2.43. The van der Waals surface area contributed by atoms with Gasteiger partial charge >= 0.3 is 5.97 Å². The Balaban J connectivity index is 1.64. The van der Waals surface area contributed by atoms with Gasteiger partial charge in [-0.15, -0.1) is 0 Å². The first-order valence-corrected chi connectivity index (χ1v) is 8.27. The van der Waals surface area contributed by atoms with Crippen molar-refractivity contribution in [1.29, 1.82) is 0 Å². The van der Waals surface area contributed by atoms with Crippen molar-refractivity contribution in [3.05, 3.63) is 35.4 Å². The van der Waals surface area contributed by atoms with E-state index in [-0.39, 0.29) is 18.4 Å². The van der Waals surface area contributed by atoms with Gasteiger partial charge in [0.15, 0.2) is 6.61 Å². The molecule has 0 radical (unpaired) electrons. The topological polar surface area (TPSA) is 84.5 Å². The molecule has 1 aromatic rings. The first-order chi connectivity index (χ1) is 11.5. The van der Waals surface area contributed by atoms with Gasteiger partial charge in [0, 0.05) is 13.0 Å². The first kappa shape index (κ1) is 18.0. The summed E-state index contributed by atoms with van der Waals surface area (Å²) in [6.45, 7) is 4.45. The number of ether oxygens (including phenoxy) is 1. The quantitative estimate of drug-likeness (QED) is 0.737. The lowest BCUT2D eigenvalue weighted by Gasteiger charge is -2.10. The molecule has 0 saturated carbocycles. The molecule has 2 amide bonds. The van der Waals surface area contributed by atoms with E-state index >= 15 is 0 Å². The third kappa shape index (κ3) is 5.37. The monoisotopic (exact) mass is 332 g/mol. The molecule has 0 bridgehead atoms. The fourth-order valence-corrected chi connectivity index (χ4v) is 2.49. The number of carbonyl (C=O) groups is 3. The molecule has 1 aliphatic rings. The van der Waals surface area contributed by atoms with Gasteiger partial charge in [-0.25, -0.2) is 4.79 Å². The molecule has 1 saturated heterocycles. The Morgan fingerprint density at radius 3 is 2.58 bits per heavy atom. The number of benzene rings is 1. The summed E-state index contributed by atoms with van der Waals surface area (Å²) in [6.07, 6.45) is 1.46. The highest BCUT2D eigenvalue weighted by molar-refractivity contribution is 5.89. The van der Waals surface area contributed by atoms with Crippen molar-refractivity contribution < 1.29 is 19.1 Å². The van der Waals surface area contributed by atoms with Crippen molar-refractivity contribution in [3.8, 4) is 0 Å². The summed E-state index contributed by atoms with van der Waals surface area (Å²) < 4.78 is 4.92. The van der Waals surface area contributed by atoms with Gasteiger partial charge < -0.3 is 15.4 Å². The van der Waals surface area contributed by atoms with Gasteiger partial charge in [0.25, 0.3) is 5.91 Å². The van der Waals surface area contributed by atoms with E-state index in [1.54, 1.807) is 0 Å². The lowest BCUT2D eigenvalue weighted by molar-refractivity contribution is -0.150. The maximum Gasteiger partial charge on any atom is 0.329 e. The molecule has 6 heteroatoms. The normalized spacial score (nSPS) is 16.8. The second kappa shape index (κ2) is 8.47. The van der Waals surface area contributed by atoms with E-state index < -0.39 is 12.0 Å². The highest BCUT2D eigenvalue weighted by Crippen LogP contribution is 2.14. The molecule has 6 nitrogen and oxygen atoms in total. The molecule has 0 spiro atoms. The van der Waals surface area contributed by atoms with Crippen molar-refractivity contribution in [2.45, 2.75) is 45.1 Å². The van der Waals surface area contributed by atoms with Crippen LogP contribution in [0.25, 0.3) is 0 Å². The van der Waals surface area contributed by atoms with Gasteiger partial charge in [-0.3, -0.25) is 9.59 Å². The molecule has 24 heavy (non-hydrogen) atoms. The maximum atomic E-state index is 11.7. The summed E-state index contributed by atoms with van der Waals surface area (Å²) in [4.78, 5) is 34.4. The molecule has 1 atom stereocenters. The van der Waals surface area contributed by atoms with Crippen molar-refractivity contribution in [2.24, 2.45) is 0 Å². The zero-order chi connectivity index (χ0) is 17.5. The molecular weight excluding hydrogens is 308 g/mol. The molecule has 2 N–H and O–H groups in total. The Labute approximate surface area is 142 Å². The minimum atomic E-state index is -0.621. The molecular formula is C18H24N2O4. The predicted molar refractivity (Wildman–Crippen MR) is 89.4 cm³/mol. The van der Waals surface area contributed by atoms with Crippen LogP contribution in [0, 0.1) is 0 Å². The predicted octanol–water partition coefficient (Wildman–Crippen LogP) is 1.29. The summed E-state index contributed by atoms with van der Waals surface area (Å²) in [5.74, 6) is -0.560. The molecule has 0 aliphatic carbocycles. The summed E-state index contributed by atoms with van der Waals surface area (Å²) in [7, 11) is 0. The van der Waals surface area contributed by atoms with Crippen LogP contribution in [0.1, 0.15) is 43.7 Å². The van der Waals surface area contributed by atoms with Crippen LogP contribution in [0.5, 0.6) is 0 Å². The molecule has 130 valence electrons. The second-order valence-corrected chi connectivity index (χ2v) is 6.26. The van der Waals surface area contributed by atoms with Gasteiger partial charge in [0.2, 0.25) is 5.91 Å². The zero-order valence-electron chi connectivity index (χ0n) is 14.1. The number of amides is 2. The van der Waals surface area contributed by atoms with E-state index in [4.69, 9.17) is 4.74 Å². The first-order valence-electron chi connectivity index (χ1n) is 8.27. The Morgan fingerprint density at radius 2 is 2.00 bits per heavy atom. The lowest BCUT2D eigenvalue weighted by atomic mass is 10.0. The van der Waals surface area contributed by atoms with Gasteiger partial charge in [-0.05, 0) is 29.9 Å². The van der Waals surface area contributed by atoms with Crippen molar-refractivity contribution in [1.82, 2.24) is 10.6 Å². The fraction of sp³-hybridized carbons (Fsp3) is 0.500. The standard InChI is InChI=1S/C18H24N2O4/c1-12(2)14-5-3-13(4-6-14)9-10-19-17(22)11-24-18(23)15-7-8-16(21)20-15/h3-6,12,15H,7-11H2,1-2H3,(H,19,22)(H,20,21)/t15-/m0/s1. The van der Waals surface area contributed by atoms with Crippen LogP contribution in [-0.4, -0.2) is 37.0 Å². The van der Waals surface area contributed by atoms with E-state index in [1.807, 2.05) is 0 Å². The number of hydrogen-bond donors (Lipinski definition) is 2. The van der Waals surface area contributed by atoms with Crippen molar-refractivity contribution in [2.75, 3.05) is 13.2 Å². The van der Waals surface area contributed by atoms with E-state index in [1.165, 1.54) is 5.56 Å². The number of esters is 1. The van der Waals surface area contributed by atoms with Gasteiger partial charge in [0.05, 0.1) is 0 Å². The SMILES string of the molecule is CC(C)c1ccc(CCNC(=O)COC(=O)[C@@H]2CCC(=O)N2)cc1. The lowest BCUT2D eigenvalue weighted by Crippen LogP contribution is -2.37. The van der Waals surface area contributed by atoms with Crippen LogP contribution in [-0.2, 0) is 25.5 Å². The Morgan fingerprint density at radius 1 is 1.29 bits per heavy atom. The smallest absolute Gasteiger partial charge is 0.329 e. The molecule has 0 unspecified atom stereocenters. The van der Waals surface area contributed by atoms with Gasteiger partial charge in [0.1, 0.15) is 6.04 Å². The summed E-state index contributed by atoms with van der Waals surface area (Å²) in [6, 6.07) is 7.69. The minimum absolute atomic E-state index is 0.162. The van der Waals surface area contributed by atoms with Crippen LogP contribution in [0.2, 0.25) is 0 Å². The average Bonchev–Trinajstić information content (AvgIpc) is 2.99. The van der Waals surface area contributed by atoms with Crippen LogP contribution in [0.15, 0.2) is 24.3 Å². The molecule has 1 aliphatic heterocycles. The Kier molecular flexibility index (Phi) is 6.35. The van der Waals surface area contributed by atoms with Gasteiger partial charge in [-0.1, -0.05) is 38.1 Å². The van der Waals surface area contributed by atoms with Crippen LogP contribution in [0.3, 0.4) is 0 Å². The Hall–Kier alpha value is -2.37. The van der Waals surface area contributed by atoms with Crippen LogP contribution in [0.4, 0.5) is 0 Å². The van der Waals surface area contributed by atoms with E-state index in [2.05, 4.69) is 48.7 Å². The maximum absolute atomic E-state index is 11.7. The zero-order valence-corrected chi connectivity index (χ0v) is 14.1. The molecule has 1 heterocycles. The van der Waals surface area contributed by atoms with Crippen molar-refractivity contribution in [3.63, 3.8) is 0 Å². The van der Waals surface area contributed by atoms with E-state index in [0.717, 1.165) is 12.0 Å². The number of rotatable bonds is 7. The molecule has 2 rings (SSSR count). The van der Waals surface area contributed by atoms with Gasteiger partial charge in [-0.2, -0.15) is 0 Å². The largest absolute Gasteiger partial charge is 0.454 e.